The second-order valence-electron chi connectivity index (χ2n) is 18.3. The maximum Gasteiger partial charge on any atom is 0.326 e. The number of aromatic amines is 1. The number of carbonyl (C=O) groups excluding carboxylic acids is 7. The molecule has 0 spiro atoms. The quantitative estimate of drug-likeness (QED) is 0.0239. The van der Waals surface area contributed by atoms with Gasteiger partial charge in [-0.2, -0.15) is 0 Å². The zero-order valence-corrected chi connectivity index (χ0v) is 41.5. The third-order valence-electron chi connectivity index (χ3n) is 12.3. The minimum absolute atomic E-state index is 0.00545. The van der Waals surface area contributed by atoms with Crippen molar-refractivity contribution in [2.75, 3.05) is 26.7 Å². The monoisotopic (exact) mass is 1000 g/mol. The number of nitrogens with one attached hydrogen (secondary N) is 8. The Balaban J connectivity index is 1.57. The van der Waals surface area contributed by atoms with Gasteiger partial charge in [-0.15, -0.1) is 0 Å². The molecular weight excluding hydrogens is 931 g/mol. The molecule has 7 amide bonds. The number of phenolic OH excluding ortho intramolecular Hbond substituents is 1. The number of H-pyrrole nitrogens is 1. The highest BCUT2D eigenvalue weighted by molar-refractivity contribution is 5.98. The van der Waals surface area contributed by atoms with Crippen molar-refractivity contribution >= 4 is 53.3 Å². The number of benzene rings is 2. The van der Waals surface area contributed by atoms with E-state index in [0.717, 1.165) is 0 Å². The summed E-state index contributed by atoms with van der Waals surface area (Å²) < 4.78 is 0. The van der Waals surface area contributed by atoms with E-state index in [-0.39, 0.29) is 63.4 Å². The number of hydrogen-bond donors (Lipinski definition) is 12. The van der Waals surface area contributed by atoms with Gasteiger partial charge in [0.1, 0.15) is 48.0 Å². The highest BCUT2D eigenvalue weighted by Crippen LogP contribution is 2.21. The summed E-state index contributed by atoms with van der Waals surface area (Å²) in [6, 6.07) is 6.29. The summed E-state index contributed by atoms with van der Waals surface area (Å²) in [6.07, 6.45) is 4.20. The van der Waals surface area contributed by atoms with Crippen LogP contribution in [-0.2, 0) is 57.6 Å². The van der Waals surface area contributed by atoms with Crippen LogP contribution in [0.1, 0.15) is 76.6 Å². The Hall–Kier alpha value is -7.56. The van der Waals surface area contributed by atoms with Crippen LogP contribution in [0.5, 0.6) is 5.75 Å². The second kappa shape index (κ2) is 28.3. The van der Waals surface area contributed by atoms with Gasteiger partial charge < -0.3 is 68.8 Å². The number of aliphatic carboxylic acids is 1. The van der Waals surface area contributed by atoms with Gasteiger partial charge in [0.05, 0.1) is 12.9 Å². The van der Waals surface area contributed by atoms with E-state index in [1.54, 1.807) is 70.3 Å². The maximum atomic E-state index is 14.5. The van der Waals surface area contributed by atoms with Gasteiger partial charge in [-0.1, -0.05) is 76.6 Å². The van der Waals surface area contributed by atoms with Gasteiger partial charge >= 0.3 is 5.97 Å². The summed E-state index contributed by atoms with van der Waals surface area (Å²) >= 11 is 0. The first-order valence-corrected chi connectivity index (χ1v) is 24.1. The largest absolute Gasteiger partial charge is 0.508 e. The number of aliphatic imine (C=N–C) groups is 1. The minimum atomic E-state index is -1.35. The SMILES string of the molecule is CC[C@H](C)[C@H](NC(=O)[C@H](Cc1ccccc1)NC(=O)[C@@H](NC(=O)[C@H](CCCN=C(N)N)NC(=O)CNC)C(C)C)C(=O)N[C@@H](Cc1cnc[nH]1)C(=O)N1CCC[C@H]1C(=O)N[C@@H](Cc1ccc(O)cc1)C(=O)O. The van der Waals surface area contributed by atoms with E-state index in [2.05, 4.69) is 52.2 Å². The third-order valence-corrected chi connectivity index (χ3v) is 12.3. The second-order valence-corrected chi connectivity index (χ2v) is 18.3. The molecule has 0 unspecified atom stereocenters. The molecule has 1 saturated heterocycles. The van der Waals surface area contributed by atoms with E-state index in [0.29, 0.717) is 36.1 Å². The summed E-state index contributed by atoms with van der Waals surface area (Å²) in [5.41, 5.74) is 12.6. The van der Waals surface area contributed by atoms with Crippen molar-refractivity contribution in [1.82, 2.24) is 52.1 Å². The van der Waals surface area contributed by atoms with Crippen LogP contribution in [0, 0.1) is 11.8 Å². The Morgan fingerprint density at radius 1 is 0.778 bits per heavy atom. The summed E-state index contributed by atoms with van der Waals surface area (Å²) in [5.74, 6) is -7.02. The number of nitrogens with two attached hydrogens (primary N) is 2. The van der Waals surface area contributed by atoms with Crippen molar-refractivity contribution in [3.63, 3.8) is 0 Å². The fourth-order valence-electron chi connectivity index (χ4n) is 8.16. The number of likely N-dealkylation sites (tertiary alicyclic amines) is 1. The average molecular weight is 1000 g/mol. The first kappa shape index (κ1) is 57.0. The summed E-state index contributed by atoms with van der Waals surface area (Å²) in [4.78, 5) is 122. The average Bonchev–Trinajstić information content (AvgIpc) is 4.06. The molecule has 0 aliphatic carbocycles. The minimum Gasteiger partial charge on any atom is -0.508 e. The van der Waals surface area contributed by atoms with Crippen LogP contribution < -0.4 is 48.7 Å². The van der Waals surface area contributed by atoms with Crippen LogP contribution >= 0.6 is 0 Å². The summed E-state index contributed by atoms with van der Waals surface area (Å²) in [5, 5.41) is 38.8. The van der Waals surface area contributed by atoms with Gasteiger partial charge in [0.15, 0.2) is 5.96 Å². The number of aromatic nitrogens is 2. The van der Waals surface area contributed by atoms with Gasteiger partial charge in [-0.25, -0.2) is 9.78 Å². The Bertz CT molecular complexity index is 2310. The first-order valence-electron chi connectivity index (χ1n) is 24.1. The third kappa shape index (κ3) is 17.7. The number of carbonyl (C=O) groups is 8. The van der Waals surface area contributed by atoms with Crippen LogP contribution in [0.4, 0.5) is 0 Å². The van der Waals surface area contributed by atoms with Gasteiger partial charge in [-0.05, 0) is 67.8 Å². The fraction of sp³-hybridized carbons (Fsp3) is 0.510. The number of likely N-dealkylation sites (N-methyl/N-ethyl adjacent to an activating group) is 1. The molecule has 1 aliphatic rings. The van der Waals surface area contributed by atoms with E-state index in [1.807, 2.05) is 6.92 Å². The fourth-order valence-corrected chi connectivity index (χ4v) is 8.16. The predicted molar refractivity (Wildman–Crippen MR) is 266 cm³/mol. The smallest absolute Gasteiger partial charge is 0.326 e. The molecule has 1 aromatic heterocycles. The lowest BCUT2D eigenvalue weighted by Gasteiger charge is -2.32. The van der Waals surface area contributed by atoms with Gasteiger partial charge in [-0.3, -0.25) is 38.6 Å². The topological polar surface area (TPSA) is 358 Å². The number of carboxylic acid groups (broad SMARTS) is 1. The van der Waals surface area contributed by atoms with E-state index < -0.39 is 101 Å². The molecule has 1 aliphatic heterocycles. The molecule has 3 aromatic rings. The molecule has 8 atom stereocenters. The number of imidazole rings is 1. The highest BCUT2D eigenvalue weighted by atomic mass is 16.4. The lowest BCUT2D eigenvalue weighted by molar-refractivity contribution is -0.145. The van der Waals surface area contributed by atoms with Crippen LogP contribution in [-0.4, -0.2) is 147 Å². The number of aromatic hydroxyl groups is 1. The summed E-state index contributed by atoms with van der Waals surface area (Å²) in [6.45, 7) is 7.23. The van der Waals surface area contributed by atoms with Gasteiger partial charge in [0, 0.05) is 44.2 Å². The number of hydrogen-bond acceptors (Lipinski definition) is 12. The molecule has 23 heteroatoms. The number of phenols is 1. The highest BCUT2D eigenvalue weighted by Gasteiger charge is 2.41. The number of rotatable bonds is 28. The van der Waals surface area contributed by atoms with Crippen LogP contribution in [0.2, 0.25) is 0 Å². The molecule has 0 saturated carbocycles. The Kier molecular flexibility index (Phi) is 22.4. The Morgan fingerprint density at radius 2 is 1.40 bits per heavy atom. The van der Waals surface area contributed by atoms with E-state index in [4.69, 9.17) is 11.5 Å². The van der Waals surface area contributed by atoms with Crippen molar-refractivity contribution in [1.29, 1.82) is 0 Å². The lowest BCUT2D eigenvalue weighted by Crippen LogP contribution is -2.62. The van der Waals surface area contributed by atoms with Crippen molar-refractivity contribution in [3.05, 3.63) is 83.9 Å². The maximum absolute atomic E-state index is 14.5. The Labute approximate surface area is 418 Å². The molecule has 14 N–H and O–H groups in total. The van der Waals surface area contributed by atoms with Crippen LogP contribution in [0.15, 0.2) is 72.1 Å². The van der Waals surface area contributed by atoms with E-state index >= 15 is 0 Å². The van der Waals surface area contributed by atoms with Gasteiger partial charge in [0.2, 0.25) is 41.4 Å². The number of guanidine groups is 1. The van der Waals surface area contributed by atoms with Crippen LogP contribution in [0.3, 0.4) is 0 Å². The van der Waals surface area contributed by atoms with Crippen molar-refractivity contribution in [2.24, 2.45) is 28.3 Å². The Morgan fingerprint density at radius 3 is 2.01 bits per heavy atom. The molecule has 4 rings (SSSR count). The van der Waals surface area contributed by atoms with E-state index in [1.165, 1.54) is 29.6 Å². The van der Waals surface area contributed by atoms with Crippen LogP contribution in [0.25, 0.3) is 0 Å². The molecule has 0 radical (unpaired) electrons. The normalized spacial score (nSPS) is 16.1. The molecule has 2 aromatic carbocycles. The molecule has 2 heterocycles. The standard InChI is InChI=1S/C49H71N13O10/c1-6-29(4)41(46(69)58-36(24-32-25-53-27-55-32)47(70)62-21-11-15-38(62)44(67)59-37(48(71)72)23-31-16-18-33(63)19-17-31)61-43(66)35(22-30-12-8-7-9-13-30)57-45(68)40(28(2)3)60-42(65)34(56-39(64)26-52-5)14-10-20-54-49(50)51/h7-9,12-13,16-19,25,27-29,34-38,40-41,52,63H,6,10-11,14-15,20-24,26H2,1-5H3,(H,53,55)(H,56,64)(H,57,68)(H,58,69)(H,59,67)(H,60,65)(H,61,66)(H,71,72)(H4,50,51,54)/t29-,34-,35-,36-,37-,38-,40-,41-/m0/s1. The number of carboxylic acids is 1. The lowest BCUT2D eigenvalue weighted by atomic mass is 9.96. The zero-order valence-electron chi connectivity index (χ0n) is 41.5. The molecule has 392 valence electrons. The molecule has 1 fully saturated rings. The van der Waals surface area contributed by atoms with Crippen molar-refractivity contribution in [2.45, 2.75) is 121 Å². The van der Waals surface area contributed by atoms with Crippen molar-refractivity contribution in [3.8, 4) is 5.75 Å². The predicted octanol–water partition coefficient (Wildman–Crippen LogP) is -0.897. The summed E-state index contributed by atoms with van der Waals surface area (Å²) in [7, 11) is 1.58. The number of nitrogens with zero attached hydrogens (tertiary/aromatic N) is 3. The van der Waals surface area contributed by atoms with Gasteiger partial charge in [0.25, 0.3) is 0 Å². The first-order chi connectivity index (χ1) is 34.3. The van der Waals surface area contributed by atoms with E-state index in [9.17, 15) is 48.6 Å². The molecule has 72 heavy (non-hydrogen) atoms. The molecular formula is C49H71N13O10. The number of amides is 7. The zero-order chi connectivity index (χ0) is 52.9. The molecule has 23 nitrogen and oxygen atoms in total. The van der Waals surface area contributed by atoms with Crippen molar-refractivity contribution < 1.29 is 48.6 Å². The molecule has 0 bridgehead atoms.